The third-order valence-electron chi connectivity index (χ3n) is 6.12. The first-order chi connectivity index (χ1) is 16.3. The average Bonchev–Trinajstić information content (AvgIpc) is 3.24. The third-order valence-corrected chi connectivity index (χ3v) is 6.12. The van der Waals surface area contributed by atoms with E-state index in [0.29, 0.717) is 43.3 Å². The van der Waals surface area contributed by atoms with E-state index in [-0.39, 0.29) is 5.91 Å². The first kappa shape index (κ1) is 21.9. The summed E-state index contributed by atoms with van der Waals surface area (Å²) in [6.45, 7) is 3.93. The van der Waals surface area contributed by atoms with Crippen molar-refractivity contribution in [3.63, 3.8) is 0 Å². The van der Waals surface area contributed by atoms with Crippen LogP contribution in [-0.2, 0) is 11.0 Å². The molecule has 2 aromatic heterocycles. The molecule has 1 amide bonds. The number of nitrogens with zero attached hydrogens (tertiary/aromatic N) is 5. The van der Waals surface area contributed by atoms with Crippen molar-refractivity contribution in [3.8, 4) is 16.8 Å². The van der Waals surface area contributed by atoms with Crippen molar-refractivity contribution in [1.29, 1.82) is 0 Å². The zero-order valence-corrected chi connectivity index (χ0v) is 18.5. The first-order valence-corrected chi connectivity index (χ1v) is 10.9. The summed E-state index contributed by atoms with van der Waals surface area (Å²) in [7, 11) is 0. The lowest BCUT2D eigenvalue weighted by Crippen LogP contribution is -2.48. The molecule has 0 saturated carbocycles. The molecule has 9 heteroatoms. The highest BCUT2D eigenvalue weighted by Gasteiger charge is 2.31. The Hall–Kier alpha value is -3.88. The van der Waals surface area contributed by atoms with Gasteiger partial charge in [0.05, 0.1) is 10.9 Å². The Labute approximate surface area is 194 Å². The van der Waals surface area contributed by atoms with Crippen molar-refractivity contribution in [3.05, 3.63) is 72.7 Å². The van der Waals surface area contributed by atoms with Crippen LogP contribution >= 0.6 is 0 Å². The van der Waals surface area contributed by atoms with Gasteiger partial charge < -0.3 is 14.4 Å². The van der Waals surface area contributed by atoms with Crippen LogP contribution in [0.3, 0.4) is 0 Å². The molecule has 174 valence electrons. The maximum atomic E-state index is 13.4. The summed E-state index contributed by atoms with van der Waals surface area (Å²) in [6, 6.07) is 14.9. The van der Waals surface area contributed by atoms with Gasteiger partial charge in [-0.3, -0.25) is 4.79 Å². The van der Waals surface area contributed by atoms with Crippen LogP contribution in [0.5, 0.6) is 0 Å². The lowest BCUT2D eigenvalue weighted by molar-refractivity contribution is -0.137. The van der Waals surface area contributed by atoms with E-state index in [2.05, 4.69) is 14.9 Å². The minimum atomic E-state index is -4.45. The number of piperazine rings is 1. The van der Waals surface area contributed by atoms with Gasteiger partial charge in [0.15, 0.2) is 5.65 Å². The van der Waals surface area contributed by atoms with Crippen LogP contribution in [0.25, 0.3) is 27.8 Å². The van der Waals surface area contributed by atoms with E-state index in [0.717, 1.165) is 28.6 Å². The molecule has 0 spiro atoms. The summed E-state index contributed by atoms with van der Waals surface area (Å²) >= 11 is 0. The normalized spacial score (nSPS) is 14.6. The van der Waals surface area contributed by atoms with Crippen LogP contribution in [0.15, 0.2) is 67.1 Å². The van der Waals surface area contributed by atoms with Gasteiger partial charge >= 0.3 is 6.18 Å². The van der Waals surface area contributed by atoms with E-state index >= 15 is 0 Å². The number of rotatable bonds is 3. The van der Waals surface area contributed by atoms with Crippen molar-refractivity contribution in [2.75, 3.05) is 31.1 Å². The molecular weight excluding hydrogens is 443 g/mol. The second-order valence-corrected chi connectivity index (χ2v) is 8.22. The predicted molar refractivity (Wildman–Crippen MR) is 124 cm³/mol. The standard InChI is InChI=1S/C25H22F3N5O/c1-17(34)31-10-12-32(13-11-31)23-22-21(18-6-3-2-4-7-18)15-33(24(22)30-16-29-23)20-9-5-8-19(14-20)25(26,27)28/h2-9,14-16H,10-13H2,1H3. The van der Waals surface area contributed by atoms with E-state index in [1.165, 1.54) is 12.4 Å². The van der Waals surface area contributed by atoms with E-state index in [9.17, 15) is 18.0 Å². The largest absolute Gasteiger partial charge is 0.416 e. The van der Waals surface area contributed by atoms with Gasteiger partial charge in [0.25, 0.3) is 0 Å². The molecule has 0 bridgehead atoms. The zero-order chi connectivity index (χ0) is 23.9. The van der Waals surface area contributed by atoms with Gasteiger partial charge in [-0.1, -0.05) is 36.4 Å². The van der Waals surface area contributed by atoms with E-state index < -0.39 is 11.7 Å². The van der Waals surface area contributed by atoms with Crippen molar-refractivity contribution in [2.24, 2.45) is 0 Å². The second kappa shape index (κ2) is 8.48. The zero-order valence-electron chi connectivity index (χ0n) is 18.5. The molecule has 0 N–H and O–H groups in total. The van der Waals surface area contributed by atoms with Crippen molar-refractivity contribution >= 4 is 22.8 Å². The van der Waals surface area contributed by atoms with Gasteiger partial charge in [0.2, 0.25) is 5.91 Å². The maximum Gasteiger partial charge on any atom is 0.416 e. The maximum absolute atomic E-state index is 13.4. The van der Waals surface area contributed by atoms with Crippen LogP contribution in [0.1, 0.15) is 12.5 Å². The number of amides is 1. The number of aromatic nitrogens is 3. The quantitative estimate of drug-likeness (QED) is 0.437. The van der Waals surface area contributed by atoms with E-state index in [1.807, 2.05) is 36.5 Å². The summed E-state index contributed by atoms with van der Waals surface area (Å²) in [4.78, 5) is 24.7. The summed E-state index contributed by atoms with van der Waals surface area (Å²) in [5, 5.41) is 0.766. The minimum absolute atomic E-state index is 0.0353. The van der Waals surface area contributed by atoms with E-state index in [1.54, 1.807) is 22.5 Å². The number of fused-ring (bicyclic) bond motifs is 1. The minimum Gasteiger partial charge on any atom is -0.352 e. The number of benzene rings is 2. The molecule has 1 saturated heterocycles. The number of hydrogen-bond donors (Lipinski definition) is 0. The number of hydrogen-bond acceptors (Lipinski definition) is 4. The van der Waals surface area contributed by atoms with Crippen molar-refractivity contribution in [1.82, 2.24) is 19.4 Å². The van der Waals surface area contributed by atoms with Crippen LogP contribution < -0.4 is 4.90 Å². The molecule has 0 atom stereocenters. The SMILES string of the molecule is CC(=O)N1CCN(c2ncnc3c2c(-c2ccccc2)cn3-c2cccc(C(F)(F)F)c2)CC1. The highest BCUT2D eigenvalue weighted by atomic mass is 19.4. The highest BCUT2D eigenvalue weighted by Crippen LogP contribution is 2.38. The first-order valence-electron chi connectivity index (χ1n) is 10.9. The van der Waals surface area contributed by atoms with Crippen molar-refractivity contribution < 1.29 is 18.0 Å². The molecule has 5 rings (SSSR count). The lowest BCUT2D eigenvalue weighted by Gasteiger charge is -2.35. The third kappa shape index (κ3) is 3.98. The molecular formula is C25H22F3N5O. The van der Waals surface area contributed by atoms with Gasteiger partial charge in [0.1, 0.15) is 12.1 Å². The Bertz CT molecular complexity index is 1340. The smallest absolute Gasteiger partial charge is 0.352 e. The van der Waals surface area contributed by atoms with Crippen LogP contribution in [0.4, 0.5) is 19.0 Å². The molecule has 0 aliphatic carbocycles. The van der Waals surface area contributed by atoms with E-state index in [4.69, 9.17) is 0 Å². The summed E-state index contributed by atoms with van der Waals surface area (Å²) in [6.07, 6.45) is -1.19. The Morgan fingerprint density at radius 2 is 1.68 bits per heavy atom. The molecule has 3 heterocycles. The number of carbonyl (C=O) groups is 1. The monoisotopic (exact) mass is 465 g/mol. The molecule has 34 heavy (non-hydrogen) atoms. The molecule has 1 fully saturated rings. The fraction of sp³-hybridized carbons (Fsp3) is 0.240. The fourth-order valence-corrected chi connectivity index (χ4v) is 4.38. The average molecular weight is 465 g/mol. The Balaban J connectivity index is 1.68. The molecule has 6 nitrogen and oxygen atoms in total. The number of alkyl halides is 3. The van der Waals surface area contributed by atoms with Gasteiger partial charge in [-0.15, -0.1) is 0 Å². The number of carbonyl (C=O) groups excluding carboxylic acids is 1. The van der Waals surface area contributed by atoms with Gasteiger partial charge in [-0.25, -0.2) is 9.97 Å². The van der Waals surface area contributed by atoms with Gasteiger partial charge in [-0.05, 0) is 23.8 Å². The molecule has 0 unspecified atom stereocenters. The lowest BCUT2D eigenvalue weighted by atomic mass is 10.1. The topological polar surface area (TPSA) is 54.3 Å². The molecule has 4 aromatic rings. The fourth-order valence-electron chi connectivity index (χ4n) is 4.38. The second-order valence-electron chi connectivity index (χ2n) is 8.22. The van der Waals surface area contributed by atoms with Crippen LogP contribution in [-0.4, -0.2) is 51.5 Å². The predicted octanol–water partition coefficient (Wildman–Crippen LogP) is 4.77. The Kier molecular flexibility index (Phi) is 5.47. The number of anilines is 1. The van der Waals surface area contributed by atoms with Crippen molar-refractivity contribution in [2.45, 2.75) is 13.1 Å². The summed E-state index contributed by atoms with van der Waals surface area (Å²) < 4.78 is 41.9. The summed E-state index contributed by atoms with van der Waals surface area (Å²) in [5.74, 6) is 0.742. The highest BCUT2D eigenvalue weighted by molar-refractivity contribution is 6.02. The van der Waals surface area contributed by atoms with Gasteiger partial charge in [-0.2, -0.15) is 13.2 Å². The Morgan fingerprint density at radius 1 is 0.941 bits per heavy atom. The molecule has 0 radical (unpaired) electrons. The number of halogens is 3. The molecule has 2 aromatic carbocycles. The van der Waals surface area contributed by atoms with Crippen LogP contribution in [0.2, 0.25) is 0 Å². The Morgan fingerprint density at radius 3 is 2.35 bits per heavy atom. The molecule has 1 aliphatic heterocycles. The van der Waals surface area contributed by atoms with Gasteiger partial charge in [0, 0.05) is 50.6 Å². The van der Waals surface area contributed by atoms with Crippen LogP contribution in [0, 0.1) is 0 Å². The molecule has 1 aliphatic rings. The summed E-state index contributed by atoms with van der Waals surface area (Å²) in [5.41, 5.74) is 1.92.